The zero-order valence-electron chi connectivity index (χ0n) is 17.0. The van der Waals surface area contributed by atoms with Gasteiger partial charge in [0.05, 0.1) is 0 Å². The average Bonchev–Trinajstić information content (AvgIpc) is 2.48. The fourth-order valence-corrected chi connectivity index (χ4v) is 8.52. The molecule has 0 unspecified atom stereocenters. The summed E-state index contributed by atoms with van der Waals surface area (Å²) < 4.78 is 0. The van der Waals surface area contributed by atoms with Crippen molar-refractivity contribution in [2.75, 3.05) is 0 Å². The van der Waals surface area contributed by atoms with E-state index in [1.807, 2.05) is 0 Å². The van der Waals surface area contributed by atoms with Crippen LogP contribution in [0, 0.1) is 0 Å². The Hall–Kier alpha value is 0.0799. The molecule has 0 heterocycles. The molecule has 0 nitrogen and oxygen atoms in total. The molecular weight excluding hydrogens is 324 g/mol. The monoisotopic (exact) mass is 359 g/mol. The SMILES string of the molecule is [B-]P(=Cc1ccccc1C[P+]([B-])(C(C)C)C(C)C)(C(C)C)C(C)C. The Morgan fingerprint density at radius 3 is 1.79 bits per heavy atom. The van der Waals surface area contributed by atoms with Gasteiger partial charge >= 0.3 is 0 Å². The first-order chi connectivity index (χ1) is 10.9. The van der Waals surface area contributed by atoms with Crippen LogP contribution in [0.1, 0.15) is 66.5 Å². The van der Waals surface area contributed by atoms with E-state index in [-0.39, 0.29) is 0 Å². The van der Waals surface area contributed by atoms with E-state index in [4.69, 9.17) is 15.1 Å². The predicted octanol–water partition coefficient (Wildman–Crippen LogP) is 6.17. The summed E-state index contributed by atoms with van der Waals surface area (Å²) in [5.41, 5.74) is 4.77. The van der Waals surface area contributed by atoms with E-state index in [9.17, 15) is 0 Å². The highest BCUT2D eigenvalue weighted by atomic mass is 31.2. The van der Waals surface area contributed by atoms with E-state index >= 15 is 0 Å². The van der Waals surface area contributed by atoms with Crippen LogP contribution in [-0.2, 0) is 6.16 Å². The van der Waals surface area contributed by atoms with Crippen molar-refractivity contribution in [2.24, 2.45) is 0 Å². The fraction of sp³-hybridized carbons (Fsp3) is 0.650. The van der Waals surface area contributed by atoms with Crippen molar-refractivity contribution in [3.8, 4) is 0 Å². The topological polar surface area (TPSA) is 0 Å². The Balaban J connectivity index is 3.42. The quantitative estimate of drug-likeness (QED) is 0.403. The van der Waals surface area contributed by atoms with E-state index in [1.165, 1.54) is 11.1 Å². The van der Waals surface area contributed by atoms with Gasteiger partial charge in [0, 0.05) is 17.5 Å². The highest BCUT2D eigenvalue weighted by molar-refractivity contribution is 7.98. The minimum absolute atomic E-state index is 0.498. The van der Waals surface area contributed by atoms with Crippen LogP contribution in [0.2, 0.25) is 0 Å². The molecule has 1 aromatic rings. The van der Waals surface area contributed by atoms with Crippen molar-refractivity contribution < 1.29 is 0 Å². The Kier molecular flexibility index (Phi) is 7.97. The fourth-order valence-electron chi connectivity index (χ4n) is 3.20. The first kappa shape index (κ1) is 22.1. The van der Waals surface area contributed by atoms with Crippen LogP contribution >= 0.6 is 13.9 Å². The van der Waals surface area contributed by atoms with Gasteiger partial charge in [-0.2, -0.15) is 0 Å². The first-order valence-corrected chi connectivity index (χ1v) is 13.5. The van der Waals surface area contributed by atoms with Gasteiger partial charge in [-0.25, -0.2) is 7.14 Å². The molecule has 4 heteroatoms. The third-order valence-corrected chi connectivity index (χ3v) is 14.6. The van der Waals surface area contributed by atoms with E-state index in [1.54, 1.807) is 0 Å². The maximum absolute atomic E-state index is 6.94. The van der Waals surface area contributed by atoms with Crippen molar-refractivity contribution in [1.82, 2.24) is 0 Å². The van der Waals surface area contributed by atoms with Crippen molar-refractivity contribution >= 4 is 34.8 Å². The lowest BCUT2D eigenvalue weighted by Gasteiger charge is -2.47. The molecule has 0 spiro atoms. The van der Waals surface area contributed by atoms with Gasteiger partial charge in [0.2, 0.25) is 0 Å². The van der Waals surface area contributed by atoms with Crippen LogP contribution in [0.3, 0.4) is 0 Å². The highest BCUT2D eigenvalue weighted by Crippen LogP contribution is 2.65. The minimum atomic E-state index is -1.63. The molecule has 0 aliphatic carbocycles. The molecule has 0 atom stereocenters. The van der Waals surface area contributed by atoms with Crippen molar-refractivity contribution in [3.05, 3.63) is 35.4 Å². The standard InChI is InChI=1S/C20H35B2P2/c1-15(2)23(21,16(3)4)13-19-11-9-10-12-20(19)14-24(22,17(5)6)18(7)8/h9-13,15-18H,14H2,1-8H3/q-1. The third-order valence-electron chi connectivity index (χ3n) is 5.57. The van der Waals surface area contributed by atoms with E-state index in [0.717, 1.165) is 6.16 Å². The number of hydrogen-bond donors (Lipinski definition) is 0. The summed E-state index contributed by atoms with van der Waals surface area (Å²) in [4.78, 5) is 0. The average molecular weight is 359 g/mol. The molecule has 0 aliphatic heterocycles. The second-order valence-corrected chi connectivity index (χ2v) is 16.7. The number of hydrogen-bond acceptors (Lipinski definition) is 0. The predicted molar refractivity (Wildman–Crippen MR) is 121 cm³/mol. The van der Waals surface area contributed by atoms with E-state index < -0.39 is 13.9 Å². The normalized spacial score (nSPS) is 13.4. The number of benzene rings is 1. The molecule has 0 saturated heterocycles. The Labute approximate surface area is 154 Å². The first-order valence-electron chi connectivity index (χ1n) is 9.21. The zero-order chi connectivity index (χ0) is 18.7. The summed E-state index contributed by atoms with van der Waals surface area (Å²) in [5, 5.41) is 0. The molecule has 0 fully saturated rings. The molecule has 0 N–H and O–H groups in total. The van der Waals surface area contributed by atoms with E-state index in [2.05, 4.69) is 85.5 Å². The van der Waals surface area contributed by atoms with Gasteiger partial charge in [-0.3, -0.25) is 0 Å². The van der Waals surface area contributed by atoms with Gasteiger partial charge in [-0.15, -0.1) is 0 Å². The molecule has 0 saturated carbocycles. The second-order valence-electron chi connectivity index (χ2n) is 8.25. The Morgan fingerprint density at radius 1 is 0.917 bits per heavy atom. The van der Waals surface area contributed by atoms with Gasteiger partial charge < -0.3 is 21.9 Å². The van der Waals surface area contributed by atoms with E-state index in [0.29, 0.717) is 22.6 Å². The van der Waals surface area contributed by atoms with Gasteiger partial charge in [-0.1, -0.05) is 69.1 Å². The third kappa shape index (κ3) is 4.83. The summed E-state index contributed by atoms with van der Waals surface area (Å²) in [5.74, 6) is 2.41. The van der Waals surface area contributed by atoms with Crippen molar-refractivity contribution in [1.29, 1.82) is 0 Å². The van der Waals surface area contributed by atoms with Gasteiger partial charge in [-0.05, 0) is 38.8 Å². The molecule has 1 rings (SSSR count). The Morgan fingerprint density at radius 2 is 1.38 bits per heavy atom. The highest BCUT2D eigenvalue weighted by Gasteiger charge is 2.27. The molecule has 1 aromatic carbocycles. The minimum Gasteiger partial charge on any atom is -0.575 e. The number of rotatable bonds is 7. The van der Waals surface area contributed by atoms with Gasteiger partial charge in [0.15, 0.2) is 0 Å². The molecule has 0 aliphatic rings. The van der Waals surface area contributed by atoms with Gasteiger partial charge in [0.25, 0.3) is 0 Å². The van der Waals surface area contributed by atoms with Crippen LogP contribution in [0.4, 0.5) is 0 Å². The smallest absolute Gasteiger partial charge is 0.0376 e. The molecule has 0 aromatic heterocycles. The zero-order valence-corrected chi connectivity index (χ0v) is 18.7. The van der Waals surface area contributed by atoms with Crippen LogP contribution in [0.15, 0.2) is 24.3 Å². The largest absolute Gasteiger partial charge is 0.575 e. The summed E-state index contributed by atoms with van der Waals surface area (Å²) in [7, 11) is 12.3. The van der Waals surface area contributed by atoms with Crippen LogP contribution in [-0.4, -0.2) is 43.6 Å². The van der Waals surface area contributed by atoms with Crippen molar-refractivity contribution in [3.63, 3.8) is 0 Å². The maximum Gasteiger partial charge on any atom is 0.0376 e. The summed E-state index contributed by atoms with van der Waals surface area (Å²) in [6.07, 6.45) is 1.01. The van der Waals surface area contributed by atoms with Crippen LogP contribution in [0.5, 0.6) is 0 Å². The molecule has 6 radical (unpaired) electrons. The summed E-state index contributed by atoms with van der Waals surface area (Å²) >= 11 is 0. The lowest BCUT2D eigenvalue weighted by Crippen LogP contribution is -2.18. The van der Waals surface area contributed by atoms with Gasteiger partial charge in [0.1, 0.15) is 0 Å². The maximum atomic E-state index is 6.94. The summed E-state index contributed by atoms with van der Waals surface area (Å²) in [6.45, 7) is 16.5. The molecule has 0 amide bonds. The molecule has 132 valence electrons. The summed E-state index contributed by atoms with van der Waals surface area (Å²) in [6, 6.07) is 8.75. The lowest BCUT2D eigenvalue weighted by molar-refractivity contribution is 0.987. The lowest BCUT2D eigenvalue weighted by atomic mass is 10.1. The molecule has 24 heavy (non-hydrogen) atoms. The van der Waals surface area contributed by atoms with Crippen LogP contribution in [0.25, 0.3) is 0 Å². The van der Waals surface area contributed by atoms with Crippen LogP contribution < -0.4 is 0 Å². The van der Waals surface area contributed by atoms with Crippen molar-refractivity contribution in [2.45, 2.75) is 84.2 Å². The molecular formula is C20H35B2P2-. The molecule has 0 bridgehead atoms. The Bertz CT molecular complexity index is 569. The second kappa shape index (κ2) is 8.64.